The monoisotopic (exact) mass is 295 g/mol. The van der Waals surface area contributed by atoms with Crippen LogP contribution in [0.3, 0.4) is 0 Å². The normalized spacial score (nSPS) is 25.6. The maximum absolute atomic E-state index is 13.7. The number of piperidine rings is 1. The molecule has 0 spiro atoms. The number of rotatable bonds is 2. The van der Waals surface area contributed by atoms with Gasteiger partial charge < -0.3 is 11.1 Å². The smallest absolute Gasteiger partial charge is 0.254 e. The number of nitrogen functional groups attached to an aromatic ring is 1. The lowest BCUT2D eigenvalue weighted by molar-refractivity contribution is 0.0911. The largest absolute Gasteiger partial charge is 0.396 e. The molecule has 1 aromatic rings. The Bertz CT molecular complexity index is 564. The molecule has 1 aromatic carbocycles. The van der Waals surface area contributed by atoms with Crippen LogP contribution >= 0.6 is 0 Å². The Kier molecular flexibility index (Phi) is 3.80. The minimum absolute atomic E-state index is 0.0310. The minimum Gasteiger partial charge on any atom is -0.396 e. The van der Waals surface area contributed by atoms with Crippen LogP contribution in [0.4, 0.5) is 14.5 Å². The van der Waals surface area contributed by atoms with Crippen LogP contribution in [0.2, 0.25) is 0 Å². The first kappa shape index (κ1) is 14.3. The fourth-order valence-corrected chi connectivity index (χ4v) is 3.40. The number of nitrogens with zero attached hydrogens (tertiary/aromatic N) is 1. The van der Waals surface area contributed by atoms with Crippen molar-refractivity contribution in [2.24, 2.45) is 0 Å². The summed E-state index contributed by atoms with van der Waals surface area (Å²) in [5.41, 5.74) is 5.00. The second-order valence-corrected chi connectivity index (χ2v) is 5.82. The highest BCUT2D eigenvalue weighted by Gasteiger charge is 2.36. The van der Waals surface area contributed by atoms with Crippen LogP contribution in [0.15, 0.2) is 12.1 Å². The van der Waals surface area contributed by atoms with E-state index in [1.807, 2.05) is 0 Å². The van der Waals surface area contributed by atoms with Crippen LogP contribution in [-0.4, -0.2) is 36.0 Å². The lowest BCUT2D eigenvalue weighted by Crippen LogP contribution is -2.46. The van der Waals surface area contributed by atoms with Crippen LogP contribution in [0.1, 0.15) is 36.0 Å². The molecule has 3 rings (SSSR count). The maximum Gasteiger partial charge on any atom is 0.254 e. The van der Waals surface area contributed by atoms with Crippen molar-refractivity contribution < 1.29 is 13.6 Å². The van der Waals surface area contributed by atoms with E-state index in [1.165, 1.54) is 6.42 Å². The van der Waals surface area contributed by atoms with Crippen LogP contribution in [0.5, 0.6) is 0 Å². The number of nitrogens with one attached hydrogen (secondary N) is 1. The molecular formula is C15H19F2N3O. The highest BCUT2D eigenvalue weighted by atomic mass is 19.1. The van der Waals surface area contributed by atoms with E-state index in [0.717, 1.165) is 38.4 Å². The van der Waals surface area contributed by atoms with Gasteiger partial charge in [0.1, 0.15) is 11.6 Å². The number of anilines is 1. The summed E-state index contributed by atoms with van der Waals surface area (Å²) in [6.45, 7) is 2.03. The van der Waals surface area contributed by atoms with Gasteiger partial charge in [-0.15, -0.1) is 0 Å². The van der Waals surface area contributed by atoms with Gasteiger partial charge in [-0.25, -0.2) is 8.78 Å². The summed E-state index contributed by atoms with van der Waals surface area (Å²) >= 11 is 0. The number of carbonyl (C=O) groups is 1. The maximum atomic E-state index is 13.7. The van der Waals surface area contributed by atoms with E-state index < -0.39 is 17.5 Å². The van der Waals surface area contributed by atoms with Crippen molar-refractivity contribution in [2.75, 3.05) is 18.8 Å². The number of amides is 1. The third kappa shape index (κ3) is 2.72. The van der Waals surface area contributed by atoms with Crippen LogP contribution in [-0.2, 0) is 0 Å². The van der Waals surface area contributed by atoms with E-state index in [-0.39, 0.29) is 17.3 Å². The molecule has 6 heteroatoms. The second kappa shape index (κ2) is 5.60. The molecule has 0 bridgehead atoms. The highest BCUT2D eigenvalue weighted by molar-refractivity contribution is 5.95. The Labute approximate surface area is 122 Å². The molecule has 2 fully saturated rings. The van der Waals surface area contributed by atoms with Gasteiger partial charge in [-0.2, -0.15) is 0 Å². The van der Waals surface area contributed by atoms with Gasteiger partial charge in [0.25, 0.3) is 5.91 Å². The Morgan fingerprint density at radius 1 is 1.19 bits per heavy atom. The van der Waals surface area contributed by atoms with E-state index in [9.17, 15) is 13.6 Å². The van der Waals surface area contributed by atoms with Gasteiger partial charge in [0, 0.05) is 24.7 Å². The SMILES string of the molecule is Nc1cc(C(=O)NC2CCN3CCCCC23)c(F)cc1F. The molecule has 2 unspecified atom stereocenters. The van der Waals surface area contributed by atoms with Gasteiger partial charge in [-0.1, -0.05) is 6.42 Å². The zero-order chi connectivity index (χ0) is 15.0. The predicted octanol–water partition coefficient (Wildman–Crippen LogP) is 1.90. The quantitative estimate of drug-likeness (QED) is 0.819. The van der Waals surface area contributed by atoms with E-state index in [4.69, 9.17) is 5.73 Å². The molecule has 0 saturated carbocycles. The van der Waals surface area contributed by atoms with Crippen molar-refractivity contribution >= 4 is 11.6 Å². The Morgan fingerprint density at radius 3 is 2.81 bits per heavy atom. The number of hydrogen-bond acceptors (Lipinski definition) is 3. The molecule has 0 aliphatic carbocycles. The number of benzene rings is 1. The summed E-state index contributed by atoms with van der Waals surface area (Å²) in [6.07, 6.45) is 4.28. The number of carbonyl (C=O) groups excluding carboxylic acids is 1. The highest BCUT2D eigenvalue weighted by Crippen LogP contribution is 2.27. The summed E-state index contributed by atoms with van der Waals surface area (Å²) in [5, 5.41) is 2.88. The third-order valence-electron chi connectivity index (χ3n) is 4.50. The van der Waals surface area contributed by atoms with Gasteiger partial charge in [0.15, 0.2) is 0 Å². The Hall–Kier alpha value is -1.69. The first-order valence-electron chi connectivity index (χ1n) is 7.35. The summed E-state index contributed by atoms with van der Waals surface area (Å²) in [6, 6.07) is 2.09. The predicted molar refractivity (Wildman–Crippen MR) is 75.9 cm³/mol. The van der Waals surface area contributed by atoms with E-state index >= 15 is 0 Å². The molecule has 2 aliphatic heterocycles. The van der Waals surface area contributed by atoms with Crippen molar-refractivity contribution in [3.63, 3.8) is 0 Å². The molecule has 4 nitrogen and oxygen atoms in total. The molecule has 2 saturated heterocycles. The van der Waals surface area contributed by atoms with E-state index in [2.05, 4.69) is 10.2 Å². The zero-order valence-electron chi connectivity index (χ0n) is 11.7. The summed E-state index contributed by atoms with van der Waals surface area (Å²) in [5.74, 6) is -2.24. The van der Waals surface area contributed by atoms with Gasteiger partial charge in [0.05, 0.1) is 11.3 Å². The van der Waals surface area contributed by atoms with Gasteiger partial charge >= 0.3 is 0 Å². The number of hydrogen-bond donors (Lipinski definition) is 2. The lowest BCUT2D eigenvalue weighted by atomic mass is 9.98. The fourth-order valence-electron chi connectivity index (χ4n) is 3.40. The van der Waals surface area contributed by atoms with Crippen LogP contribution in [0.25, 0.3) is 0 Å². The Balaban J connectivity index is 1.73. The van der Waals surface area contributed by atoms with Crippen molar-refractivity contribution in [3.05, 3.63) is 29.3 Å². The van der Waals surface area contributed by atoms with Crippen LogP contribution in [0, 0.1) is 11.6 Å². The molecule has 3 N–H and O–H groups in total. The van der Waals surface area contributed by atoms with Crippen molar-refractivity contribution in [2.45, 2.75) is 37.8 Å². The van der Waals surface area contributed by atoms with Gasteiger partial charge in [0.2, 0.25) is 0 Å². The van der Waals surface area contributed by atoms with Crippen molar-refractivity contribution in [1.82, 2.24) is 10.2 Å². The number of fused-ring (bicyclic) bond motifs is 1. The molecule has 0 radical (unpaired) electrons. The molecule has 114 valence electrons. The van der Waals surface area contributed by atoms with E-state index in [1.54, 1.807) is 0 Å². The third-order valence-corrected chi connectivity index (χ3v) is 4.50. The zero-order valence-corrected chi connectivity index (χ0v) is 11.7. The molecular weight excluding hydrogens is 276 g/mol. The topological polar surface area (TPSA) is 58.4 Å². The summed E-state index contributed by atoms with van der Waals surface area (Å²) < 4.78 is 26.9. The first-order chi connectivity index (χ1) is 10.1. The molecule has 2 atom stereocenters. The molecule has 1 amide bonds. The minimum atomic E-state index is -0.877. The van der Waals surface area contributed by atoms with Gasteiger partial charge in [-0.05, 0) is 31.9 Å². The van der Waals surface area contributed by atoms with Crippen molar-refractivity contribution in [3.8, 4) is 0 Å². The molecule has 2 heterocycles. The second-order valence-electron chi connectivity index (χ2n) is 5.82. The molecule has 2 aliphatic rings. The summed E-state index contributed by atoms with van der Waals surface area (Å²) in [7, 11) is 0. The lowest BCUT2D eigenvalue weighted by Gasteiger charge is -2.32. The number of halogens is 2. The standard InChI is InChI=1S/C15H19F2N3O/c16-10-8-11(17)12(18)7-9(10)15(21)19-13-4-6-20-5-2-1-3-14(13)20/h7-8,13-14H,1-6,18H2,(H,19,21). The van der Waals surface area contributed by atoms with Crippen molar-refractivity contribution in [1.29, 1.82) is 0 Å². The summed E-state index contributed by atoms with van der Waals surface area (Å²) in [4.78, 5) is 14.6. The Morgan fingerprint density at radius 2 is 2.00 bits per heavy atom. The number of nitrogens with two attached hydrogens (primary N) is 1. The molecule has 0 aromatic heterocycles. The van der Waals surface area contributed by atoms with Crippen LogP contribution < -0.4 is 11.1 Å². The fraction of sp³-hybridized carbons (Fsp3) is 0.533. The average Bonchev–Trinajstić information content (AvgIpc) is 2.86. The molecule has 21 heavy (non-hydrogen) atoms. The average molecular weight is 295 g/mol. The van der Waals surface area contributed by atoms with E-state index in [0.29, 0.717) is 12.1 Å². The first-order valence-corrected chi connectivity index (χ1v) is 7.35. The van der Waals surface area contributed by atoms with Gasteiger partial charge in [-0.3, -0.25) is 9.69 Å².